The fourth-order valence-corrected chi connectivity index (χ4v) is 4.91. The van der Waals surface area contributed by atoms with Crippen LogP contribution in [0.2, 0.25) is 5.02 Å². The molecule has 0 saturated carbocycles. The Morgan fingerprint density at radius 2 is 1.94 bits per heavy atom. The van der Waals surface area contributed by atoms with Crippen molar-refractivity contribution in [2.45, 2.75) is 38.8 Å². The summed E-state index contributed by atoms with van der Waals surface area (Å²) in [7, 11) is 0. The first kappa shape index (κ1) is 23.3. The van der Waals surface area contributed by atoms with Gasteiger partial charge in [-0.25, -0.2) is 9.78 Å². The predicted octanol–water partition coefficient (Wildman–Crippen LogP) is 4.44. The standard InChI is InChI=1S/C21H23ClN4O3S2/c1-4-5-10-23-20(29)24-16(27)11-30-21-25-18-17(12(2)13(3)31-18)19(28)26(21)15-8-6-14(22)7-9-15/h6-9H,4-5,10-11H2,1-3H3,(H2,23,24,27,29). The minimum absolute atomic E-state index is 0.0595. The Morgan fingerprint density at radius 1 is 1.23 bits per heavy atom. The van der Waals surface area contributed by atoms with E-state index in [1.54, 1.807) is 24.3 Å². The molecule has 0 aliphatic carbocycles. The van der Waals surface area contributed by atoms with Crippen molar-refractivity contribution in [1.82, 2.24) is 20.2 Å². The van der Waals surface area contributed by atoms with E-state index in [1.807, 2.05) is 20.8 Å². The lowest BCUT2D eigenvalue weighted by Crippen LogP contribution is -2.40. The second-order valence-corrected chi connectivity index (χ2v) is 9.50. The summed E-state index contributed by atoms with van der Waals surface area (Å²) >= 11 is 8.55. The van der Waals surface area contributed by atoms with E-state index in [0.717, 1.165) is 35.0 Å². The number of nitrogens with zero attached hydrogens (tertiary/aromatic N) is 2. The number of halogens is 1. The first-order chi connectivity index (χ1) is 14.8. The number of imide groups is 1. The summed E-state index contributed by atoms with van der Waals surface area (Å²) in [4.78, 5) is 43.7. The summed E-state index contributed by atoms with van der Waals surface area (Å²) in [5.74, 6) is -0.523. The van der Waals surface area contributed by atoms with Crippen LogP contribution in [0.5, 0.6) is 0 Å². The molecule has 0 aliphatic rings. The van der Waals surface area contributed by atoms with E-state index in [9.17, 15) is 14.4 Å². The van der Waals surface area contributed by atoms with Crippen LogP contribution in [0.3, 0.4) is 0 Å². The van der Waals surface area contributed by atoms with Crippen molar-refractivity contribution in [3.63, 3.8) is 0 Å². The average molecular weight is 479 g/mol. The quantitative estimate of drug-likeness (QED) is 0.297. The summed E-state index contributed by atoms with van der Waals surface area (Å²) in [5.41, 5.74) is 1.31. The lowest BCUT2D eigenvalue weighted by atomic mass is 10.2. The van der Waals surface area contributed by atoms with Crippen LogP contribution in [-0.4, -0.2) is 33.8 Å². The molecule has 0 aliphatic heterocycles. The maximum absolute atomic E-state index is 13.4. The van der Waals surface area contributed by atoms with E-state index in [-0.39, 0.29) is 11.3 Å². The van der Waals surface area contributed by atoms with Gasteiger partial charge in [0.15, 0.2) is 5.16 Å². The van der Waals surface area contributed by atoms with Gasteiger partial charge in [-0.15, -0.1) is 11.3 Å². The number of benzene rings is 1. The third-order valence-corrected chi connectivity index (χ3v) is 6.95. The van der Waals surface area contributed by atoms with Crippen LogP contribution in [0.25, 0.3) is 15.9 Å². The molecule has 0 spiro atoms. The van der Waals surface area contributed by atoms with Crippen LogP contribution < -0.4 is 16.2 Å². The molecule has 3 aromatic rings. The number of thiophene rings is 1. The number of aryl methyl sites for hydroxylation is 2. The minimum Gasteiger partial charge on any atom is -0.338 e. The van der Waals surface area contributed by atoms with Crippen LogP contribution in [0.1, 0.15) is 30.2 Å². The van der Waals surface area contributed by atoms with Gasteiger partial charge < -0.3 is 5.32 Å². The van der Waals surface area contributed by atoms with E-state index < -0.39 is 11.9 Å². The predicted molar refractivity (Wildman–Crippen MR) is 127 cm³/mol. The number of unbranched alkanes of at least 4 members (excludes halogenated alkanes) is 1. The fourth-order valence-electron chi connectivity index (χ4n) is 2.91. The number of thioether (sulfide) groups is 1. The molecule has 1 aromatic carbocycles. The van der Waals surface area contributed by atoms with Gasteiger partial charge in [0.2, 0.25) is 5.91 Å². The molecule has 3 rings (SSSR count). The van der Waals surface area contributed by atoms with Gasteiger partial charge in [0.1, 0.15) is 4.83 Å². The summed E-state index contributed by atoms with van der Waals surface area (Å²) in [5, 5.41) is 6.44. The second kappa shape index (κ2) is 10.3. The van der Waals surface area contributed by atoms with E-state index in [4.69, 9.17) is 11.6 Å². The Balaban J connectivity index is 1.89. The van der Waals surface area contributed by atoms with Crippen LogP contribution in [0.4, 0.5) is 4.79 Å². The Hall–Kier alpha value is -2.36. The molecule has 0 bridgehead atoms. The highest BCUT2D eigenvalue weighted by Crippen LogP contribution is 2.29. The highest BCUT2D eigenvalue weighted by atomic mass is 35.5. The van der Waals surface area contributed by atoms with E-state index in [2.05, 4.69) is 15.6 Å². The van der Waals surface area contributed by atoms with Crippen molar-refractivity contribution in [3.05, 3.63) is 50.1 Å². The maximum atomic E-state index is 13.4. The first-order valence-corrected chi connectivity index (χ1v) is 12.0. The van der Waals surface area contributed by atoms with Crippen molar-refractivity contribution >= 4 is 56.9 Å². The molecule has 7 nitrogen and oxygen atoms in total. The van der Waals surface area contributed by atoms with Crippen molar-refractivity contribution in [2.75, 3.05) is 12.3 Å². The van der Waals surface area contributed by atoms with Gasteiger partial charge in [0.05, 0.1) is 16.8 Å². The fraction of sp³-hybridized carbons (Fsp3) is 0.333. The highest BCUT2D eigenvalue weighted by Gasteiger charge is 2.19. The number of urea groups is 1. The molecule has 0 saturated heterocycles. The first-order valence-electron chi connectivity index (χ1n) is 9.81. The zero-order valence-corrected chi connectivity index (χ0v) is 19.8. The Kier molecular flexibility index (Phi) is 7.74. The van der Waals surface area contributed by atoms with Crippen LogP contribution >= 0.6 is 34.7 Å². The molecule has 2 heterocycles. The number of nitrogens with one attached hydrogen (secondary N) is 2. The number of fused-ring (bicyclic) bond motifs is 1. The van der Waals surface area contributed by atoms with Gasteiger partial charge in [-0.3, -0.25) is 19.5 Å². The SMILES string of the molecule is CCCCNC(=O)NC(=O)CSc1nc2sc(C)c(C)c2c(=O)n1-c1ccc(Cl)cc1. The molecule has 2 aromatic heterocycles. The molecular weight excluding hydrogens is 456 g/mol. The Labute approximate surface area is 193 Å². The monoisotopic (exact) mass is 478 g/mol. The average Bonchev–Trinajstić information content (AvgIpc) is 3.01. The van der Waals surface area contributed by atoms with Gasteiger partial charge in [-0.1, -0.05) is 36.7 Å². The zero-order chi connectivity index (χ0) is 22.5. The number of carbonyl (C=O) groups excluding carboxylic acids is 2. The topological polar surface area (TPSA) is 93.1 Å². The summed E-state index contributed by atoms with van der Waals surface area (Å²) in [6.07, 6.45) is 1.79. The zero-order valence-electron chi connectivity index (χ0n) is 17.5. The lowest BCUT2D eigenvalue weighted by molar-refractivity contribution is -0.117. The number of rotatable bonds is 7. The third-order valence-electron chi connectivity index (χ3n) is 4.66. The van der Waals surface area contributed by atoms with E-state index >= 15 is 0 Å². The Bertz CT molecular complexity index is 1170. The van der Waals surface area contributed by atoms with Crippen LogP contribution in [0, 0.1) is 13.8 Å². The van der Waals surface area contributed by atoms with Gasteiger partial charge in [-0.2, -0.15) is 0 Å². The molecule has 31 heavy (non-hydrogen) atoms. The third kappa shape index (κ3) is 5.47. The summed E-state index contributed by atoms with van der Waals surface area (Å²) in [6, 6.07) is 6.33. The molecular formula is C21H23ClN4O3S2. The van der Waals surface area contributed by atoms with Crippen LogP contribution in [0.15, 0.2) is 34.2 Å². The van der Waals surface area contributed by atoms with E-state index in [0.29, 0.717) is 32.6 Å². The second-order valence-electron chi connectivity index (χ2n) is 6.92. The maximum Gasteiger partial charge on any atom is 0.321 e. The number of hydrogen-bond donors (Lipinski definition) is 2. The van der Waals surface area contributed by atoms with Gasteiger partial charge in [0.25, 0.3) is 5.56 Å². The van der Waals surface area contributed by atoms with Crippen molar-refractivity contribution in [1.29, 1.82) is 0 Å². The van der Waals surface area contributed by atoms with Gasteiger partial charge in [-0.05, 0) is 50.1 Å². The van der Waals surface area contributed by atoms with Crippen molar-refractivity contribution in [2.24, 2.45) is 0 Å². The van der Waals surface area contributed by atoms with Crippen molar-refractivity contribution < 1.29 is 9.59 Å². The molecule has 2 N–H and O–H groups in total. The van der Waals surface area contributed by atoms with Crippen LogP contribution in [-0.2, 0) is 4.79 Å². The summed E-state index contributed by atoms with van der Waals surface area (Å²) in [6.45, 7) is 6.38. The number of amides is 3. The van der Waals surface area contributed by atoms with Gasteiger partial charge >= 0.3 is 6.03 Å². The molecule has 164 valence electrons. The molecule has 0 atom stereocenters. The van der Waals surface area contributed by atoms with Gasteiger partial charge in [0, 0.05) is 16.4 Å². The molecule has 0 fully saturated rings. The number of hydrogen-bond acceptors (Lipinski definition) is 6. The normalized spacial score (nSPS) is 11.0. The molecule has 3 amide bonds. The summed E-state index contributed by atoms with van der Waals surface area (Å²) < 4.78 is 1.48. The van der Waals surface area contributed by atoms with Crippen molar-refractivity contribution in [3.8, 4) is 5.69 Å². The molecule has 10 heteroatoms. The largest absolute Gasteiger partial charge is 0.338 e. The minimum atomic E-state index is -0.526. The molecule has 0 unspecified atom stereocenters. The van der Waals surface area contributed by atoms with E-state index in [1.165, 1.54) is 15.9 Å². The smallest absolute Gasteiger partial charge is 0.321 e. The molecule has 0 radical (unpaired) electrons. The number of aromatic nitrogens is 2. The lowest BCUT2D eigenvalue weighted by Gasteiger charge is -2.12. The number of carbonyl (C=O) groups is 2. The Morgan fingerprint density at radius 3 is 2.61 bits per heavy atom. The highest BCUT2D eigenvalue weighted by molar-refractivity contribution is 7.99.